The van der Waals surface area contributed by atoms with Crippen LogP contribution in [0.25, 0.3) is 0 Å². The van der Waals surface area contributed by atoms with Crippen LogP contribution in [-0.2, 0) is 15.0 Å². The fourth-order valence-electron chi connectivity index (χ4n) is 1.25. The first-order valence-electron chi connectivity index (χ1n) is 4.32. The van der Waals surface area contributed by atoms with Crippen molar-refractivity contribution in [1.82, 2.24) is 9.03 Å². The van der Waals surface area contributed by atoms with Crippen molar-refractivity contribution in [3.63, 3.8) is 0 Å². The molecule has 1 heterocycles. The molecule has 0 saturated carbocycles. The lowest BCUT2D eigenvalue weighted by Crippen LogP contribution is -2.44. The van der Waals surface area contributed by atoms with E-state index in [1.54, 1.807) is 6.92 Å². The second kappa shape index (κ2) is 4.17. The Morgan fingerprint density at radius 3 is 2.38 bits per heavy atom. The summed E-state index contributed by atoms with van der Waals surface area (Å²) in [7, 11) is -3.33. The zero-order chi connectivity index (χ0) is 9.90. The van der Waals surface area contributed by atoms with Crippen LogP contribution in [0.2, 0.25) is 0 Å². The van der Waals surface area contributed by atoms with Gasteiger partial charge >= 0.3 is 0 Å². The van der Waals surface area contributed by atoms with Gasteiger partial charge in [0.1, 0.15) is 5.78 Å². The minimum absolute atomic E-state index is 0.142. The summed E-state index contributed by atoms with van der Waals surface area (Å²) in [4.78, 5) is 10.9. The lowest BCUT2D eigenvalue weighted by Gasteiger charge is -2.24. The van der Waals surface area contributed by atoms with Crippen LogP contribution in [-0.4, -0.2) is 38.1 Å². The van der Waals surface area contributed by atoms with Crippen molar-refractivity contribution in [2.75, 3.05) is 19.6 Å². The van der Waals surface area contributed by atoms with E-state index in [0.29, 0.717) is 32.5 Å². The fraction of sp³-hybridized carbons (Fsp3) is 0.857. The van der Waals surface area contributed by atoms with Gasteiger partial charge in [0.05, 0.1) is 0 Å². The smallest absolute Gasteiger partial charge is 0.279 e. The summed E-state index contributed by atoms with van der Waals surface area (Å²) in [5.74, 6) is 0.142. The number of carbonyl (C=O) groups is 1. The first kappa shape index (κ1) is 10.6. The second-order valence-corrected chi connectivity index (χ2v) is 4.70. The van der Waals surface area contributed by atoms with Crippen LogP contribution in [0.15, 0.2) is 0 Å². The number of Topliss-reactive ketones (excluding diaryl/α,β-unsaturated/α-hetero) is 1. The Morgan fingerprint density at radius 1 is 1.38 bits per heavy atom. The van der Waals surface area contributed by atoms with E-state index < -0.39 is 10.2 Å². The predicted octanol–water partition coefficient (Wildman–Crippen LogP) is -0.494. The summed E-state index contributed by atoms with van der Waals surface area (Å²) >= 11 is 0. The van der Waals surface area contributed by atoms with Gasteiger partial charge in [0.25, 0.3) is 10.2 Å². The second-order valence-electron chi connectivity index (χ2n) is 2.94. The zero-order valence-corrected chi connectivity index (χ0v) is 8.43. The van der Waals surface area contributed by atoms with Crippen molar-refractivity contribution in [3.05, 3.63) is 0 Å². The number of nitrogens with zero attached hydrogens (tertiary/aromatic N) is 1. The molecule has 0 aromatic rings. The number of ketones is 1. The van der Waals surface area contributed by atoms with Gasteiger partial charge in [0.2, 0.25) is 0 Å². The predicted molar refractivity (Wildman–Crippen MR) is 48.4 cm³/mol. The number of nitrogens with one attached hydrogen (secondary N) is 1. The van der Waals surface area contributed by atoms with Crippen LogP contribution in [0.5, 0.6) is 0 Å². The molecule has 0 amide bonds. The molecule has 0 radical (unpaired) electrons. The summed E-state index contributed by atoms with van der Waals surface area (Å²) in [6.07, 6.45) is 0.676. The molecular weight excluding hydrogens is 192 g/mol. The van der Waals surface area contributed by atoms with E-state index in [0.717, 1.165) is 0 Å². The van der Waals surface area contributed by atoms with E-state index in [1.807, 2.05) is 0 Å². The molecule has 5 nitrogen and oxygen atoms in total. The fourth-order valence-corrected chi connectivity index (χ4v) is 2.46. The van der Waals surface area contributed by atoms with Gasteiger partial charge < -0.3 is 0 Å². The minimum Gasteiger partial charge on any atom is -0.300 e. The number of hydrogen-bond donors (Lipinski definition) is 1. The summed E-state index contributed by atoms with van der Waals surface area (Å²) in [6.45, 7) is 2.74. The van der Waals surface area contributed by atoms with Crippen molar-refractivity contribution in [2.24, 2.45) is 0 Å². The van der Waals surface area contributed by atoms with Gasteiger partial charge in [-0.3, -0.25) is 4.79 Å². The normalized spacial score (nSPS) is 20.5. The SMILES string of the molecule is CCNS(=O)(=O)N1CCC(=O)CC1. The molecule has 0 unspecified atom stereocenters. The average Bonchev–Trinajstić information content (AvgIpc) is 2.05. The molecule has 0 aromatic carbocycles. The van der Waals surface area contributed by atoms with Crippen molar-refractivity contribution < 1.29 is 13.2 Å². The van der Waals surface area contributed by atoms with Gasteiger partial charge in [0.15, 0.2) is 0 Å². The van der Waals surface area contributed by atoms with Crippen molar-refractivity contribution >= 4 is 16.0 Å². The van der Waals surface area contributed by atoms with Crippen LogP contribution >= 0.6 is 0 Å². The maximum absolute atomic E-state index is 11.4. The van der Waals surface area contributed by atoms with Crippen molar-refractivity contribution in [3.8, 4) is 0 Å². The van der Waals surface area contributed by atoms with Gasteiger partial charge in [-0.15, -0.1) is 0 Å². The van der Waals surface area contributed by atoms with Crippen molar-refractivity contribution in [1.29, 1.82) is 0 Å². The summed E-state index contributed by atoms with van der Waals surface area (Å²) in [5.41, 5.74) is 0. The summed E-state index contributed by atoms with van der Waals surface area (Å²) in [5, 5.41) is 0. The largest absolute Gasteiger partial charge is 0.300 e. The monoisotopic (exact) mass is 206 g/mol. The number of rotatable bonds is 3. The highest BCUT2D eigenvalue weighted by Crippen LogP contribution is 2.08. The standard InChI is InChI=1S/C7H14N2O3S/c1-2-8-13(11,12)9-5-3-7(10)4-6-9/h8H,2-6H2,1H3. The third kappa shape index (κ3) is 2.75. The number of hydrogen-bond acceptors (Lipinski definition) is 3. The molecule has 1 aliphatic heterocycles. The number of carbonyl (C=O) groups excluding carboxylic acids is 1. The van der Waals surface area contributed by atoms with Crippen LogP contribution < -0.4 is 4.72 Å². The molecule has 1 saturated heterocycles. The molecule has 13 heavy (non-hydrogen) atoms. The molecule has 6 heteroatoms. The Hall–Kier alpha value is -0.460. The minimum atomic E-state index is -3.33. The van der Waals surface area contributed by atoms with Crippen LogP contribution in [0.4, 0.5) is 0 Å². The maximum Gasteiger partial charge on any atom is 0.279 e. The molecule has 1 aliphatic rings. The molecule has 0 aliphatic carbocycles. The molecule has 0 aromatic heterocycles. The van der Waals surface area contributed by atoms with E-state index in [-0.39, 0.29) is 5.78 Å². The molecule has 1 rings (SSSR count). The van der Waals surface area contributed by atoms with E-state index in [1.165, 1.54) is 4.31 Å². The molecule has 1 fully saturated rings. The maximum atomic E-state index is 11.4. The quantitative estimate of drug-likeness (QED) is 0.677. The van der Waals surface area contributed by atoms with E-state index in [4.69, 9.17) is 0 Å². The van der Waals surface area contributed by atoms with Crippen LogP contribution in [0.1, 0.15) is 19.8 Å². The molecule has 76 valence electrons. The van der Waals surface area contributed by atoms with E-state index >= 15 is 0 Å². The van der Waals surface area contributed by atoms with Gasteiger partial charge in [-0.1, -0.05) is 6.92 Å². The summed E-state index contributed by atoms with van der Waals surface area (Å²) in [6, 6.07) is 0. The van der Waals surface area contributed by atoms with E-state index in [2.05, 4.69) is 4.72 Å². The summed E-state index contributed by atoms with van der Waals surface area (Å²) < 4.78 is 26.5. The van der Waals surface area contributed by atoms with Crippen LogP contribution in [0.3, 0.4) is 0 Å². The third-order valence-corrected chi connectivity index (χ3v) is 3.65. The van der Waals surface area contributed by atoms with Gasteiger partial charge in [0, 0.05) is 32.5 Å². The van der Waals surface area contributed by atoms with Gasteiger partial charge in [-0.05, 0) is 0 Å². The zero-order valence-electron chi connectivity index (χ0n) is 7.62. The average molecular weight is 206 g/mol. The highest BCUT2D eigenvalue weighted by molar-refractivity contribution is 7.87. The van der Waals surface area contributed by atoms with Crippen LogP contribution in [0, 0.1) is 0 Å². The molecular formula is C7H14N2O3S. The molecule has 0 bridgehead atoms. The highest BCUT2D eigenvalue weighted by atomic mass is 32.2. The van der Waals surface area contributed by atoms with E-state index in [9.17, 15) is 13.2 Å². The Balaban J connectivity index is 2.58. The Labute approximate surface area is 78.3 Å². The lowest BCUT2D eigenvalue weighted by molar-refractivity contribution is -0.120. The molecule has 0 spiro atoms. The Morgan fingerprint density at radius 2 is 1.92 bits per heavy atom. The lowest BCUT2D eigenvalue weighted by atomic mass is 10.1. The number of piperidine rings is 1. The highest BCUT2D eigenvalue weighted by Gasteiger charge is 2.25. The first-order chi connectivity index (χ1) is 6.06. The Bertz CT molecular complexity index is 276. The first-order valence-corrected chi connectivity index (χ1v) is 5.76. The van der Waals surface area contributed by atoms with Gasteiger partial charge in [-0.2, -0.15) is 12.7 Å². The molecule has 0 atom stereocenters. The third-order valence-electron chi connectivity index (χ3n) is 1.95. The van der Waals surface area contributed by atoms with Gasteiger partial charge in [-0.25, -0.2) is 4.72 Å². The molecule has 1 N–H and O–H groups in total. The van der Waals surface area contributed by atoms with Crippen molar-refractivity contribution in [2.45, 2.75) is 19.8 Å². The Kier molecular flexibility index (Phi) is 3.40. The topological polar surface area (TPSA) is 66.5 Å².